The molecular weight excluding hydrogens is 418 g/mol. The minimum atomic E-state index is -3.69. The van der Waals surface area contributed by atoms with E-state index in [1.807, 2.05) is 0 Å². The number of amides is 1. The van der Waals surface area contributed by atoms with Crippen molar-refractivity contribution in [3.8, 4) is 11.5 Å². The van der Waals surface area contributed by atoms with Gasteiger partial charge < -0.3 is 14.8 Å². The Morgan fingerprint density at radius 3 is 2.41 bits per heavy atom. The number of pyridine rings is 1. The molecule has 1 N–H and O–H groups in total. The number of hydrogen-bond donors (Lipinski definition) is 1. The molecule has 1 aromatic heterocycles. The Bertz CT molecular complexity index is 974. The van der Waals surface area contributed by atoms with Crippen LogP contribution < -0.4 is 14.8 Å². The summed E-state index contributed by atoms with van der Waals surface area (Å²) in [5, 5.41) is 3.23. The highest BCUT2D eigenvalue weighted by Gasteiger charge is 2.32. The summed E-state index contributed by atoms with van der Waals surface area (Å²) in [4.78, 5) is 16.6. The summed E-state index contributed by atoms with van der Waals surface area (Å²) in [5.74, 6) is 0.753. The summed E-state index contributed by atoms with van der Waals surface area (Å²) in [5.41, 5.74) is 0. The molecule has 29 heavy (non-hydrogen) atoms. The number of aromatic nitrogens is 1. The van der Waals surface area contributed by atoms with Crippen LogP contribution in [-0.4, -0.2) is 50.9 Å². The van der Waals surface area contributed by atoms with Crippen LogP contribution in [0, 0.1) is 5.92 Å². The highest BCUT2D eigenvalue weighted by atomic mass is 35.5. The van der Waals surface area contributed by atoms with E-state index in [1.165, 1.54) is 36.9 Å². The van der Waals surface area contributed by atoms with Gasteiger partial charge in [0.2, 0.25) is 15.9 Å². The van der Waals surface area contributed by atoms with Crippen molar-refractivity contribution in [3.05, 3.63) is 41.6 Å². The molecule has 156 valence electrons. The van der Waals surface area contributed by atoms with E-state index in [0.29, 0.717) is 35.2 Å². The van der Waals surface area contributed by atoms with Gasteiger partial charge in [0, 0.05) is 31.3 Å². The minimum Gasteiger partial charge on any atom is -0.493 e. The fourth-order valence-corrected chi connectivity index (χ4v) is 4.76. The maximum absolute atomic E-state index is 13.0. The standard InChI is InChI=1S/C19H22ClN3O5S/c1-27-16-5-4-15(11-17(16)28-2)29(25,26)23-9-7-13(8-10-23)19(24)22-18-6-3-14(20)12-21-18/h3-6,11-13H,7-10H2,1-2H3,(H,21,22,24). The van der Waals surface area contributed by atoms with E-state index in [1.54, 1.807) is 18.2 Å². The van der Waals surface area contributed by atoms with Crippen LogP contribution in [0.2, 0.25) is 5.02 Å². The molecule has 8 nitrogen and oxygen atoms in total. The number of halogens is 1. The Labute approximate surface area is 174 Å². The lowest BCUT2D eigenvalue weighted by atomic mass is 9.97. The Morgan fingerprint density at radius 1 is 1.14 bits per heavy atom. The summed E-state index contributed by atoms with van der Waals surface area (Å²) >= 11 is 5.79. The predicted molar refractivity (Wildman–Crippen MR) is 109 cm³/mol. The molecule has 0 aliphatic carbocycles. The first kappa shape index (κ1) is 21.4. The highest BCUT2D eigenvalue weighted by Crippen LogP contribution is 2.32. The Morgan fingerprint density at radius 2 is 1.83 bits per heavy atom. The van der Waals surface area contributed by atoms with Gasteiger partial charge in [0.05, 0.1) is 24.1 Å². The summed E-state index contributed by atoms with van der Waals surface area (Å²) in [6.45, 7) is 0.506. The molecule has 2 aromatic rings. The van der Waals surface area contributed by atoms with Crippen molar-refractivity contribution in [2.24, 2.45) is 5.92 Å². The quantitative estimate of drug-likeness (QED) is 0.743. The van der Waals surface area contributed by atoms with Gasteiger partial charge in [-0.25, -0.2) is 13.4 Å². The molecule has 0 bridgehead atoms. The fraction of sp³-hybridized carbons (Fsp3) is 0.368. The number of rotatable bonds is 6. The third kappa shape index (κ3) is 4.80. The summed E-state index contributed by atoms with van der Waals surface area (Å²) < 4.78 is 37.7. The van der Waals surface area contributed by atoms with Gasteiger partial charge in [0.1, 0.15) is 5.82 Å². The SMILES string of the molecule is COc1ccc(S(=O)(=O)N2CCC(C(=O)Nc3ccc(Cl)cn3)CC2)cc1OC. The second kappa shape index (κ2) is 8.98. The number of carbonyl (C=O) groups is 1. The zero-order chi connectivity index (χ0) is 21.0. The number of sulfonamides is 1. The normalized spacial score (nSPS) is 15.7. The maximum atomic E-state index is 13.0. The number of carbonyl (C=O) groups excluding carboxylic acids is 1. The van der Waals surface area contributed by atoms with E-state index < -0.39 is 10.0 Å². The molecule has 1 saturated heterocycles. The van der Waals surface area contributed by atoms with Crippen molar-refractivity contribution in [3.63, 3.8) is 0 Å². The van der Waals surface area contributed by atoms with Gasteiger partial charge >= 0.3 is 0 Å². The third-order valence-electron chi connectivity index (χ3n) is 4.80. The van der Waals surface area contributed by atoms with Crippen LogP contribution >= 0.6 is 11.6 Å². The van der Waals surface area contributed by atoms with Gasteiger partial charge in [-0.15, -0.1) is 0 Å². The zero-order valence-corrected chi connectivity index (χ0v) is 17.7. The van der Waals surface area contributed by atoms with Crippen LogP contribution in [0.5, 0.6) is 11.5 Å². The number of hydrogen-bond acceptors (Lipinski definition) is 6. The van der Waals surface area contributed by atoms with Crippen molar-refractivity contribution in [2.75, 3.05) is 32.6 Å². The second-order valence-corrected chi connectivity index (χ2v) is 8.92. The first-order chi connectivity index (χ1) is 13.8. The fourth-order valence-electron chi connectivity index (χ4n) is 3.16. The predicted octanol–water partition coefficient (Wildman–Crippen LogP) is 2.79. The van der Waals surface area contributed by atoms with Gasteiger partial charge in [-0.05, 0) is 37.1 Å². The van der Waals surface area contributed by atoms with Crippen molar-refractivity contribution in [2.45, 2.75) is 17.7 Å². The lowest BCUT2D eigenvalue weighted by molar-refractivity contribution is -0.120. The van der Waals surface area contributed by atoms with E-state index >= 15 is 0 Å². The van der Waals surface area contributed by atoms with E-state index in [4.69, 9.17) is 21.1 Å². The van der Waals surface area contributed by atoms with Crippen molar-refractivity contribution in [1.82, 2.24) is 9.29 Å². The van der Waals surface area contributed by atoms with Gasteiger partial charge in [-0.1, -0.05) is 11.6 Å². The molecular formula is C19H22ClN3O5S. The molecule has 0 radical (unpaired) electrons. The van der Waals surface area contributed by atoms with E-state index in [-0.39, 0.29) is 29.8 Å². The lowest BCUT2D eigenvalue weighted by Gasteiger charge is -2.30. The van der Waals surface area contributed by atoms with Crippen molar-refractivity contribution >= 4 is 33.3 Å². The topological polar surface area (TPSA) is 97.8 Å². The van der Waals surface area contributed by atoms with Gasteiger partial charge in [0.15, 0.2) is 11.5 Å². The van der Waals surface area contributed by atoms with Crippen LogP contribution in [0.1, 0.15) is 12.8 Å². The molecule has 0 unspecified atom stereocenters. The van der Waals surface area contributed by atoms with Crippen LogP contribution in [-0.2, 0) is 14.8 Å². The number of ether oxygens (including phenoxy) is 2. The molecule has 1 aromatic carbocycles. The maximum Gasteiger partial charge on any atom is 0.243 e. The number of nitrogens with zero attached hydrogens (tertiary/aromatic N) is 2. The van der Waals surface area contributed by atoms with E-state index in [2.05, 4.69) is 10.3 Å². The Hall–Kier alpha value is -2.36. The van der Waals surface area contributed by atoms with Crippen LogP contribution in [0.4, 0.5) is 5.82 Å². The zero-order valence-electron chi connectivity index (χ0n) is 16.1. The number of methoxy groups -OCH3 is 2. The average Bonchev–Trinajstić information content (AvgIpc) is 2.74. The van der Waals surface area contributed by atoms with Gasteiger partial charge in [-0.3, -0.25) is 4.79 Å². The summed E-state index contributed by atoms with van der Waals surface area (Å²) in [6.07, 6.45) is 2.30. The largest absolute Gasteiger partial charge is 0.493 e. The van der Waals surface area contributed by atoms with E-state index in [0.717, 1.165) is 0 Å². The average molecular weight is 440 g/mol. The number of anilines is 1. The van der Waals surface area contributed by atoms with Gasteiger partial charge in [0.25, 0.3) is 0 Å². The Kier molecular flexibility index (Phi) is 6.61. The molecule has 0 spiro atoms. The van der Waals surface area contributed by atoms with Gasteiger partial charge in [-0.2, -0.15) is 4.31 Å². The number of nitrogens with one attached hydrogen (secondary N) is 1. The van der Waals surface area contributed by atoms with Crippen LogP contribution in [0.3, 0.4) is 0 Å². The molecule has 0 atom stereocenters. The number of benzene rings is 1. The summed E-state index contributed by atoms with van der Waals surface area (Å²) in [7, 11) is -0.754. The van der Waals surface area contributed by atoms with Crippen LogP contribution in [0.15, 0.2) is 41.4 Å². The molecule has 1 aliphatic heterocycles. The first-order valence-corrected chi connectivity index (χ1v) is 10.8. The molecule has 1 amide bonds. The smallest absolute Gasteiger partial charge is 0.243 e. The number of piperidine rings is 1. The lowest BCUT2D eigenvalue weighted by Crippen LogP contribution is -2.41. The monoisotopic (exact) mass is 439 g/mol. The minimum absolute atomic E-state index is 0.128. The molecule has 2 heterocycles. The van der Waals surface area contributed by atoms with Crippen molar-refractivity contribution in [1.29, 1.82) is 0 Å². The Balaban J connectivity index is 1.65. The first-order valence-electron chi connectivity index (χ1n) is 8.99. The van der Waals surface area contributed by atoms with Crippen molar-refractivity contribution < 1.29 is 22.7 Å². The highest BCUT2D eigenvalue weighted by molar-refractivity contribution is 7.89. The van der Waals surface area contributed by atoms with E-state index in [9.17, 15) is 13.2 Å². The summed E-state index contributed by atoms with van der Waals surface area (Å²) in [6, 6.07) is 7.76. The molecule has 3 rings (SSSR count). The molecule has 10 heteroatoms. The molecule has 1 aliphatic rings. The second-order valence-electron chi connectivity index (χ2n) is 6.55. The molecule has 0 saturated carbocycles. The molecule has 1 fully saturated rings. The third-order valence-corrected chi connectivity index (χ3v) is 6.91. The van der Waals surface area contributed by atoms with Crippen LogP contribution in [0.25, 0.3) is 0 Å².